The van der Waals surface area contributed by atoms with Crippen LogP contribution in [0.15, 0.2) is 24.3 Å². The van der Waals surface area contributed by atoms with Crippen LogP contribution in [-0.4, -0.2) is 12.9 Å². The van der Waals surface area contributed by atoms with Crippen LogP contribution in [0.3, 0.4) is 0 Å². The molecular weight excluding hydrogens is 248 g/mol. The van der Waals surface area contributed by atoms with Crippen LogP contribution in [0.5, 0.6) is 5.75 Å². The molecular formula is C18H20O2. The Kier molecular flexibility index (Phi) is 7.70. The Morgan fingerprint density at radius 3 is 2.35 bits per heavy atom. The fraction of sp³-hybridized carbons (Fsp3) is 0.389. The molecule has 1 rings (SSSR count). The van der Waals surface area contributed by atoms with Crippen LogP contribution in [0.4, 0.5) is 0 Å². The smallest absolute Gasteiger partial charge is 0.235 e. The summed E-state index contributed by atoms with van der Waals surface area (Å²) in [4.78, 5) is 11.8. The molecule has 0 heterocycles. The molecule has 1 aromatic rings. The number of ether oxygens (including phenoxy) is 1. The first kappa shape index (κ1) is 15.9. The standard InChI is InChI=1S/C18H20O2/c1-3-4-5-6-7-8-9-10-11-18(19)16-12-14-17(20-2)15-13-16/h1,12-15H,4-9H2,2H3. The summed E-state index contributed by atoms with van der Waals surface area (Å²) in [6.45, 7) is 0. The highest BCUT2D eigenvalue weighted by Gasteiger charge is 2.01. The normalized spacial score (nSPS) is 9.20. The average Bonchev–Trinajstić information content (AvgIpc) is 2.50. The Labute approximate surface area is 121 Å². The van der Waals surface area contributed by atoms with Crippen LogP contribution >= 0.6 is 0 Å². The first-order chi connectivity index (χ1) is 9.77. The molecule has 0 N–H and O–H groups in total. The van der Waals surface area contributed by atoms with Gasteiger partial charge in [-0.05, 0) is 43.0 Å². The number of hydrogen-bond donors (Lipinski definition) is 0. The summed E-state index contributed by atoms with van der Waals surface area (Å²) in [5.41, 5.74) is 0.604. The Balaban J connectivity index is 2.28. The van der Waals surface area contributed by atoms with E-state index in [0.717, 1.165) is 44.3 Å². The molecule has 0 unspecified atom stereocenters. The molecule has 0 amide bonds. The molecule has 0 atom stereocenters. The van der Waals surface area contributed by atoms with Crippen molar-refractivity contribution in [3.05, 3.63) is 29.8 Å². The summed E-state index contributed by atoms with van der Waals surface area (Å²) in [5, 5.41) is 0. The van der Waals surface area contributed by atoms with Gasteiger partial charge in [0.05, 0.1) is 7.11 Å². The maximum atomic E-state index is 11.8. The first-order valence-corrected chi connectivity index (χ1v) is 6.88. The second-order valence-corrected chi connectivity index (χ2v) is 4.48. The van der Waals surface area contributed by atoms with Gasteiger partial charge in [0, 0.05) is 18.4 Å². The number of ketones is 1. The Hall–Kier alpha value is -2.19. The van der Waals surface area contributed by atoms with Crippen LogP contribution in [0.1, 0.15) is 48.9 Å². The van der Waals surface area contributed by atoms with Gasteiger partial charge >= 0.3 is 0 Å². The summed E-state index contributed by atoms with van der Waals surface area (Å²) >= 11 is 0. The molecule has 1 aromatic carbocycles. The van der Waals surface area contributed by atoms with Crippen molar-refractivity contribution in [2.24, 2.45) is 0 Å². The van der Waals surface area contributed by atoms with Gasteiger partial charge in [-0.2, -0.15) is 0 Å². The van der Waals surface area contributed by atoms with E-state index in [0.29, 0.717) is 5.56 Å². The molecule has 0 saturated carbocycles. The minimum Gasteiger partial charge on any atom is -0.497 e. The molecule has 20 heavy (non-hydrogen) atoms. The minimum absolute atomic E-state index is 0.139. The van der Waals surface area contributed by atoms with Crippen molar-refractivity contribution in [3.8, 4) is 29.9 Å². The van der Waals surface area contributed by atoms with E-state index >= 15 is 0 Å². The number of Topliss-reactive ketones (excluding diaryl/α,β-unsaturated/α-hetero) is 1. The maximum absolute atomic E-state index is 11.8. The number of terminal acetylenes is 1. The van der Waals surface area contributed by atoms with Gasteiger partial charge in [-0.25, -0.2) is 0 Å². The van der Waals surface area contributed by atoms with E-state index in [1.807, 2.05) is 0 Å². The second-order valence-electron chi connectivity index (χ2n) is 4.48. The number of hydrogen-bond acceptors (Lipinski definition) is 2. The van der Waals surface area contributed by atoms with Gasteiger partial charge < -0.3 is 4.74 Å². The zero-order valence-electron chi connectivity index (χ0n) is 11.9. The lowest BCUT2D eigenvalue weighted by Gasteiger charge is -1.99. The van der Waals surface area contributed by atoms with E-state index in [1.54, 1.807) is 31.4 Å². The van der Waals surface area contributed by atoms with Crippen LogP contribution in [0.2, 0.25) is 0 Å². The molecule has 0 aliphatic carbocycles. The summed E-state index contributed by atoms with van der Waals surface area (Å²) < 4.78 is 5.04. The average molecular weight is 268 g/mol. The van der Waals surface area contributed by atoms with Gasteiger partial charge in [-0.15, -0.1) is 12.3 Å². The lowest BCUT2D eigenvalue weighted by molar-refractivity contribution is 0.105. The highest BCUT2D eigenvalue weighted by Crippen LogP contribution is 2.11. The number of methoxy groups -OCH3 is 1. The van der Waals surface area contributed by atoms with E-state index in [9.17, 15) is 4.79 Å². The lowest BCUT2D eigenvalue weighted by Crippen LogP contribution is -1.94. The molecule has 0 bridgehead atoms. The monoisotopic (exact) mass is 268 g/mol. The van der Waals surface area contributed by atoms with Crippen molar-refractivity contribution in [3.63, 3.8) is 0 Å². The van der Waals surface area contributed by atoms with Crippen LogP contribution in [0.25, 0.3) is 0 Å². The number of benzene rings is 1. The van der Waals surface area contributed by atoms with Crippen molar-refractivity contribution in [1.82, 2.24) is 0 Å². The fourth-order valence-electron chi connectivity index (χ4n) is 1.75. The van der Waals surface area contributed by atoms with E-state index in [1.165, 1.54) is 0 Å². The summed E-state index contributed by atoms with van der Waals surface area (Å²) in [6, 6.07) is 6.99. The lowest BCUT2D eigenvalue weighted by atomic mass is 10.1. The van der Waals surface area contributed by atoms with Gasteiger partial charge in [-0.3, -0.25) is 4.79 Å². The Morgan fingerprint density at radius 1 is 1.10 bits per heavy atom. The molecule has 2 heteroatoms. The van der Waals surface area contributed by atoms with Crippen molar-refractivity contribution in [2.45, 2.75) is 38.5 Å². The molecule has 2 nitrogen and oxygen atoms in total. The molecule has 0 aromatic heterocycles. The van der Waals surface area contributed by atoms with Gasteiger partial charge in [0.25, 0.3) is 0 Å². The third-order valence-electron chi connectivity index (χ3n) is 2.93. The number of unbranched alkanes of at least 4 members (excludes halogenated alkanes) is 5. The fourth-order valence-corrected chi connectivity index (χ4v) is 1.75. The van der Waals surface area contributed by atoms with E-state index in [-0.39, 0.29) is 5.78 Å². The first-order valence-electron chi connectivity index (χ1n) is 6.88. The SMILES string of the molecule is C#CCCCCCCC#CC(=O)c1ccc(OC)cc1. The van der Waals surface area contributed by atoms with Gasteiger partial charge in [0.1, 0.15) is 5.75 Å². The van der Waals surface area contributed by atoms with Crippen LogP contribution in [0, 0.1) is 24.2 Å². The van der Waals surface area contributed by atoms with Crippen molar-refractivity contribution < 1.29 is 9.53 Å². The molecule has 0 fully saturated rings. The van der Waals surface area contributed by atoms with Gasteiger partial charge in [0.2, 0.25) is 5.78 Å². The zero-order valence-corrected chi connectivity index (χ0v) is 11.9. The van der Waals surface area contributed by atoms with Crippen LogP contribution < -0.4 is 4.74 Å². The van der Waals surface area contributed by atoms with E-state index in [2.05, 4.69) is 17.8 Å². The highest BCUT2D eigenvalue weighted by atomic mass is 16.5. The largest absolute Gasteiger partial charge is 0.497 e. The number of carbonyl (C=O) groups is 1. The quantitative estimate of drug-likeness (QED) is 0.325. The third kappa shape index (κ3) is 6.12. The Bertz CT molecular complexity index is 509. The van der Waals surface area contributed by atoms with E-state index < -0.39 is 0 Å². The molecule has 0 saturated heterocycles. The van der Waals surface area contributed by atoms with E-state index in [4.69, 9.17) is 11.2 Å². The van der Waals surface area contributed by atoms with Gasteiger partial charge in [-0.1, -0.05) is 18.8 Å². The Morgan fingerprint density at radius 2 is 1.75 bits per heavy atom. The van der Waals surface area contributed by atoms with Crippen LogP contribution in [-0.2, 0) is 0 Å². The predicted octanol–water partition coefficient (Wildman–Crippen LogP) is 3.86. The molecule has 0 radical (unpaired) electrons. The maximum Gasteiger partial charge on any atom is 0.235 e. The minimum atomic E-state index is -0.139. The predicted molar refractivity (Wildman–Crippen MR) is 81.6 cm³/mol. The topological polar surface area (TPSA) is 26.3 Å². The number of carbonyl (C=O) groups excluding carboxylic acids is 1. The van der Waals surface area contributed by atoms with Gasteiger partial charge in [0.15, 0.2) is 0 Å². The molecule has 0 spiro atoms. The summed E-state index contributed by atoms with van der Waals surface area (Å²) in [7, 11) is 1.60. The van der Waals surface area contributed by atoms with Crippen molar-refractivity contribution in [1.29, 1.82) is 0 Å². The zero-order chi connectivity index (χ0) is 14.6. The molecule has 104 valence electrons. The second kappa shape index (κ2) is 9.70. The summed E-state index contributed by atoms with van der Waals surface area (Å²) in [5.74, 6) is 8.84. The summed E-state index contributed by atoms with van der Waals surface area (Å²) in [6.07, 6.45) is 11.1. The highest BCUT2D eigenvalue weighted by molar-refractivity contribution is 6.09. The molecule has 0 aliphatic rings. The van der Waals surface area contributed by atoms with Crippen molar-refractivity contribution in [2.75, 3.05) is 7.11 Å². The third-order valence-corrected chi connectivity index (χ3v) is 2.93. The van der Waals surface area contributed by atoms with Crippen molar-refractivity contribution >= 4 is 5.78 Å². The number of rotatable bonds is 7. The molecule has 0 aliphatic heterocycles.